The number of nitrogens with zero attached hydrogens (tertiary/aromatic N) is 7. The summed E-state index contributed by atoms with van der Waals surface area (Å²) in [5.41, 5.74) is 12.2. The predicted molar refractivity (Wildman–Crippen MR) is 149 cm³/mol. The molecule has 5 aromatic rings. The van der Waals surface area contributed by atoms with Crippen molar-refractivity contribution in [1.82, 2.24) is 34.2 Å². The Bertz CT molecular complexity index is 1600. The Kier molecular flexibility index (Phi) is 6.29. The van der Waals surface area contributed by atoms with Gasteiger partial charge in [-0.3, -0.25) is 9.48 Å². The number of fused-ring (bicyclic) bond motifs is 2. The van der Waals surface area contributed by atoms with Crippen LogP contribution in [0.25, 0.3) is 27.5 Å². The number of likely N-dealkylation sites (N-methyl/N-ethyl adjacent to an activating group) is 1. The predicted octanol–water partition coefficient (Wildman–Crippen LogP) is 3.99. The van der Waals surface area contributed by atoms with E-state index < -0.39 is 0 Å². The standard InChI is InChI=1S/C29H32N8O/c1-34(2)18-27(38)36-13-7-6-10-25(36)26-15-23(28-29(30)31-19-32-37(26)28)21-11-12-22-17-35(33-24(22)14-21)16-20-8-4-3-5-9-20/h3-5,8-9,11-12,14-15,17,19,25H,6-7,10,13,16,18H2,1-2H3,(H2,30,31,32). The second kappa shape index (κ2) is 9.90. The van der Waals surface area contributed by atoms with Gasteiger partial charge in [-0.1, -0.05) is 42.5 Å². The third-order valence-corrected chi connectivity index (χ3v) is 7.28. The van der Waals surface area contributed by atoms with Crippen molar-refractivity contribution < 1.29 is 4.79 Å². The molecule has 6 rings (SSSR count). The van der Waals surface area contributed by atoms with E-state index in [0.717, 1.165) is 59.0 Å². The number of benzene rings is 2. The average molecular weight is 509 g/mol. The number of carbonyl (C=O) groups is 1. The summed E-state index contributed by atoms with van der Waals surface area (Å²) >= 11 is 0. The molecule has 0 aliphatic carbocycles. The molecule has 1 aliphatic rings. The zero-order valence-electron chi connectivity index (χ0n) is 21.8. The lowest BCUT2D eigenvalue weighted by Gasteiger charge is -2.36. The van der Waals surface area contributed by atoms with Gasteiger partial charge in [0.2, 0.25) is 5.91 Å². The maximum Gasteiger partial charge on any atom is 0.237 e. The van der Waals surface area contributed by atoms with E-state index in [1.807, 2.05) is 51.3 Å². The second-order valence-electron chi connectivity index (χ2n) is 10.3. The number of hydrogen-bond donors (Lipinski definition) is 1. The smallest absolute Gasteiger partial charge is 0.237 e. The van der Waals surface area contributed by atoms with Gasteiger partial charge >= 0.3 is 0 Å². The van der Waals surface area contributed by atoms with E-state index >= 15 is 0 Å². The summed E-state index contributed by atoms with van der Waals surface area (Å²) in [6.45, 7) is 1.83. The molecule has 2 N–H and O–H groups in total. The van der Waals surface area contributed by atoms with E-state index in [0.29, 0.717) is 18.9 Å². The molecule has 0 saturated carbocycles. The van der Waals surface area contributed by atoms with Crippen LogP contribution in [0, 0.1) is 0 Å². The van der Waals surface area contributed by atoms with E-state index in [1.54, 1.807) is 0 Å². The molecule has 1 unspecified atom stereocenters. The number of hydrogen-bond acceptors (Lipinski definition) is 6. The van der Waals surface area contributed by atoms with Gasteiger partial charge in [-0.25, -0.2) is 9.50 Å². The molecule has 0 radical (unpaired) electrons. The number of piperidine rings is 1. The molecule has 1 amide bonds. The van der Waals surface area contributed by atoms with Gasteiger partial charge in [0.25, 0.3) is 0 Å². The summed E-state index contributed by atoms with van der Waals surface area (Å²) in [5, 5.41) is 10.5. The minimum atomic E-state index is -0.0689. The highest BCUT2D eigenvalue weighted by Crippen LogP contribution is 2.38. The maximum absolute atomic E-state index is 13.2. The van der Waals surface area contributed by atoms with Crippen molar-refractivity contribution in [3.8, 4) is 11.1 Å². The number of amides is 1. The summed E-state index contributed by atoms with van der Waals surface area (Å²) in [6.07, 6.45) is 6.51. The lowest BCUT2D eigenvalue weighted by atomic mass is 9.98. The molecule has 1 atom stereocenters. The third-order valence-electron chi connectivity index (χ3n) is 7.28. The second-order valence-corrected chi connectivity index (χ2v) is 10.3. The average Bonchev–Trinajstić information content (AvgIpc) is 3.50. The highest BCUT2D eigenvalue weighted by molar-refractivity contribution is 5.92. The normalized spacial score (nSPS) is 16.1. The van der Waals surface area contributed by atoms with E-state index in [-0.39, 0.29) is 11.9 Å². The van der Waals surface area contributed by atoms with Gasteiger partial charge in [0.15, 0.2) is 5.82 Å². The van der Waals surface area contributed by atoms with Crippen LogP contribution in [0.5, 0.6) is 0 Å². The van der Waals surface area contributed by atoms with Crippen LogP contribution >= 0.6 is 0 Å². The SMILES string of the molecule is CN(C)CC(=O)N1CCCCC1c1cc(-c2ccc3cn(Cc4ccccc4)nc3c2)c2c(N)ncnn12. The van der Waals surface area contributed by atoms with Crippen LogP contribution in [0.3, 0.4) is 0 Å². The summed E-state index contributed by atoms with van der Waals surface area (Å²) in [7, 11) is 3.85. The van der Waals surface area contributed by atoms with Gasteiger partial charge in [0, 0.05) is 23.7 Å². The van der Waals surface area contributed by atoms with Crippen LogP contribution in [-0.2, 0) is 11.3 Å². The Labute approximate surface area is 221 Å². The lowest BCUT2D eigenvalue weighted by Crippen LogP contribution is -2.43. The Balaban J connectivity index is 1.41. The largest absolute Gasteiger partial charge is 0.382 e. The summed E-state index contributed by atoms with van der Waals surface area (Å²) in [5.74, 6) is 0.543. The first kappa shape index (κ1) is 24.1. The molecule has 1 saturated heterocycles. The number of rotatable bonds is 6. The number of anilines is 1. The molecular weight excluding hydrogens is 476 g/mol. The Morgan fingerprint density at radius 1 is 1.11 bits per heavy atom. The highest BCUT2D eigenvalue weighted by Gasteiger charge is 2.31. The molecule has 1 aliphatic heterocycles. The van der Waals surface area contributed by atoms with Crippen molar-refractivity contribution >= 4 is 28.1 Å². The lowest BCUT2D eigenvalue weighted by molar-refractivity contribution is -0.135. The Hall–Kier alpha value is -4.24. The summed E-state index contributed by atoms with van der Waals surface area (Å²) in [6, 6.07) is 18.7. The van der Waals surface area contributed by atoms with Crippen molar-refractivity contribution in [2.75, 3.05) is 32.9 Å². The van der Waals surface area contributed by atoms with Crippen LogP contribution in [-0.4, -0.2) is 67.3 Å². The quantitative estimate of drug-likeness (QED) is 0.373. The monoisotopic (exact) mass is 508 g/mol. The molecule has 9 heteroatoms. The molecule has 0 spiro atoms. The summed E-state index contributed by atoms with van der Waals surface area (Å²) in [4.78, 5) is 21.4. The fourth-order valence-electron chi connectivity index (χ4n) is 5.53. The first-order valence-electron chi connectivity index (χ1n) is 13.1. The topological polar surface area (TPSA) is 97.6 Å². The van der Waals surface area contributed by atoms with Crippen LogP contribution in [0.2, 0.25) is 0 Å². The van der Waals surface area contributed by atoms with Crippen molar-refractivity contribution in [3.63, 3.8) is 0 Å². The Morgan fingerprint density at radius 2 is 1.95 bits per heavy atom. The van der Waals surface area contributed by atoms with Gasteiger partial charge < -0.3 is 15.5 Å². The van der Waals surface area contributed by atoms with Crippen LogP contribution in [0.1, 0.15) is 36.6 Å². The zero-order valence-corrected chi connectivity index (χ0v) is 21.8. The van der Waals surface area contributed by atoms with E-state index in [1.165, 1.54) is 11.9 Å². The number of likely N-dealkylation sites (tertiary alicyclic amines) is 1. The van der Waals surface area contributed by atoms with Gasteiger partial charge in [0.1, 0.15) is 11.8 Å². The van der Waals surface area contributed by atoms with Crippen LogP contribution in [0.4, 0.5) is 5.82 Å². The first-order valence-corrected chi connectivity index (χ1v) is 13.1. The maximum atomic E-state index is 13.2. The minimum absolute atomic E-state index is 0.0689. The molecule has 1 fully saturated rings. The fourth-order valence-corrected chi connectivity index (χ4v) is 5.53. The number of nitrogens with two attached hydrogens (primary N) is 1. The van der Waals surface area contributed by atoms with Crippen LogP contribution < -0.4 is 5.73 Å². The van der Waals surface area contributed by atoms with Gasteiger partial charge in [0.05, 0.1) is 30.3 Å². The molecule has 0 bridgehead atoms. The van der Waals surface area contributed by atoms with Crippen molar-refractivity contribution in [2.24, 2.45) is 0 Å². The number of aromatic nitrogens is 5. The summed E-state index contributed by atoms with van der Waals surface area (Å²) < 4.78 is 3.85. The minimum Gasteiger partial charge on any atom is -0.382 e. The van der Waals surface area contributed by atoms with Crippen molar-refractivity contribution in [1.29, 1.82) is 0 Å². The van der Waals surface area contributed by atoms with Gasteiger partial charge in [-0.05, 0) is 56.6 Å². The van der Waals surface area contributed by atoms with E-state index in [4.69, 9.17) is 10.8 Å². The molecule has 194 valence electrons. The zero-order chi connectivity index (χ0) is 26.2. The van der Waals surface area contributed by atoms with Crippen LogP contribution in [0.15, 0.2) is 67.1 Å². The molecule has 9 nitrogen and oxygen atoms in total. The fraction of sp³-hybridized carbons (Fsp3) is 0.310. The molecule has 4 heterocycles. The number of carbonyl (C=O) groups excluding carboxylic acids is 1. The number of nitrogen functional groups attached to an aromatic ring is 1. The highest BCUT2D eigenvalue weighted by atomic mass is 16.2. The van der Waals surface area contributed by atoms with Crippen molar-refractivity contribution in [3.05, 3.63) is 78.4 Å². The van der Waals surface area contributed by atoms with E-state index in [9.17, 15) is 4.79 Å². The van der Waals surface area contributed by atoms with E-state index in [2.05, 4.69) is 52.7 Å². The van der Waals surface area contributed by atoms with Gasteiger partial charge in [-0.2, -0.15) is 10.2 Å². The Morgan fingerprint density at radius 3 is 2.76 bits per heavy atom. The molecule has 3 aromatic heterocycles. The molecule has 38 heavy (non-hydrogen) atoms. The first-order chi connectivity index (χ1) is 18.5. The van der Waals surface area contributed by atoms with Gasteiger partial charge in [-0.15, -0.1) is 0 Å². The molecular formula is C29H32N8O. The van der Waals surface area contributed by atoms with Crippen molar-refractivity contribution in [2.45, 2.75) is 31.8 Å². The molecule has 2 aromatic carbocycles. The third kappa shape index (κ3) is 4.50.